The lowest BCUT2D eigenvalue weighted by atomic mass is 10.1. The van der Waals surface area contributed by atoms with Crippen LogP contribution in [0.1, 0.15) is 27.9 Å². The summed E-state index contributed by atoms with van der Waals surface area (Å²) in [5, 5.41) is 7.42. The third kappa shape index (κ3) is 3.96. The standard InChI is InChI=1S/C19H20N4O3S2/c1-12-8-9-13(28(25,26)23(2)3)10-16(12)20-19(27)22-21-17-11-18(24)15-7-5-4-6-14(15)17/h4-10H,11H2,1-3H3,(H2,20,22,27)/b21-17+. The van der Waals surface area contributed by atoms with E-state index in [2.05, 4.69) is 15.8 Å². The Labute approximate surface area is 169 Å². The van der Waals surface area contributed by atoms with Gasteiger partial charge >= 0.3 is 0 Å². The fraction of sp³-hybridized carbons (Fsp3) is 0.211. The van der Waals surface area contributed by atoms with Gasteiger partial charge in [0.05, 0.1) is 17.0 Å². The molecule has 146 valence electrons. The Morgan fingerprint density at radius 3 is 2.50 bits per heavy atom. The second-order valence-corrected chi connectivity index (χ2v) is 9.09. The van der Waals surface area contributed by atoms with E-state index in [1.807, 2.05) is 25.1 Å². The van der Waals surface area contributed by atoms with Gasteiger partial charge in [-0.2, -0.15) is 5.10 Å². The Morgan fingerprint density at radius 2 is 1.82 bits per heavy atom. The molecule has 0 amide bonds. The molecule has 1 aliphatic rings. The molecule has 0 radical (unpaired) electrons. The SMILES string of the molecule is Cc1ccc(S(=O)(=O)N(C)C)cc1NC(=S)N/N=C1\CC(=O)c2ccccc21. The number of benzene rings is 2. The summed E-state index contributed by atoms with van der Waals surface area (Å²) in [5.74, 6) is 0.0208. The number of carbonyl (C=O) groups excluding carboxylic acids is 1. The summed E-state index contributed by atoms with van der Waals surface area (Å²) in [5.41, 5.74) is 6.19. The largest absolute Gasteiger partial charge is 0.331 e. The number of hydrogen-bond acceptors (Lipinski definition) is 5. The van der Waals surface area contributed by atoms with Crippen LogP contribution >= 0.6 is 12.2 Å². The Bertz CT molecular complexity index is 1090. The minimum Gasteiger partial charge on any atom is -0.331 e. The number of Topliss-reactive ketones (excluding diaryl/α,β-unsaturated/α-hetero) is 1. The van der Waals surface area contributed by atoms with Crippen molar-refractivity contribution in [3.8, 4) is 0 Å². The molecular weight excluding hydrogens is 396 g/mol. The Kier molecular flexibility index (Phi) is 5.59. The first-order chi connectivity index (χ1) is 13.2. The number of nitrogens with one attached hydrogen (secondary N) is 2. The van der Waals surface area contributed by atoms with E-state index in [9.17, 15) is 13.2 Å². The molecule has 2 N–H and O–H groups in total. The second-order valence-electron chi connectivity index (χ2n) is 6.53. The molecule has 0 aromatic heterocycles. The van der Waals surface area contributed by atoms with Crippen molar-refractivity contribution in [1.82, 2.24) is 9.73 Å². The highest BCUT2D eigenvalue weighted by molar-refractivity contribution is 7.89. The van der Waals surface area contributed by atoms with Crippen LogP contribution in [-0.2, 0) is 10.0 Å². The van der Waals surface area contributed by atoms with Crippen molar-refractivity contribution in [3.05, 3.63) is 59.2 Å². The molecular formula is C19H20N4O3S2. The molecule has 2 aromatic carbocycles. The highest BCUT2D eigenvalue weighted by atomic mass is 32.2. The average Bonchev–Trinajstić information content (AvgIpc) is 2.98. The molecule has 0 saturated heterocycles. The van der Waals surface area contributed by atoms with Crippen LogP contribution in [0.3, 0.4) is 0 Å². The summed E-state index contributed by atoms with van der Waals surface area (Å²) in [7, 11) is -0.597. The lowest BCUT2D eigenvalue weighted by molar-refractivity contribution is 0.101. The smallest absolute Gasteiger partial charge is 0.242 e. The van der Waals surface area contributed by atoms with Crippen LogP contribution in [0.5, 0.6) is 0 Å². The maximum absolute atomic E-state index is 12.3. The number of hydrazone groups is 1. The first kappa shape index (κ1) is 20.1. The van der Waals surface area contributed by atoms with Crippen LogP contribution in [0.15, 0.2) is 52.5 Å². The van der Waals surface area contributed by atoms with Crippen LogP contribution < -0.4 is 10.7 Å². The van der Waals surface area contributed by atoms with Gasteiger partial charge in [-0.1, -0.05) is 30.3 Å². The predicted molar refractivity (Wildman–Crippen MR) is 113 cm³/mol. The molecule has 0 fully saturated rings. The molecule has 0 heterocycles. The summed E-state index contributed by atoms with van der Waals surface area (Å²) in [6.07, 6.45) is 0.213. The third-order valence-electron chi connectivity index (χ3n) is 4.39. The van der Waals surface area contributed by atoms with Gasteiger partial charge in [0.1, 0.15) is 0 Å². The van der Waals surface area contributed by atoms with Crippen molar-refractivity contribution in [2.45, 2.75) is 18.2 Å². The summed E-state index contributed by atoms with van der Waals surface area (Å²) < 4.78 is 25.8. The fourth-order valence-electron chi connectivity index (χ4n) is 2.80. The number of ketones is 1. The van der Waals surface area contributed by atoms with E-state index in [0.29, 0.717) is 17.0 Å². The van der Waals surface area contributed by atoms with Crippen LogP contribution in [0.25, 0.3) is 0 Å². The van der Waals surface area contributed by atoms with Crippen LogP contribution in [0.2, 0.25) is 0 Å². The van der Waals surface area contributed by atoms with Crippen molar-refractivity contribution >= 4 is 44.5 Å². The number of rotatable bonds is 4. The number of sulfonamides is 1. The van der Waals surface area contributed by atoms with Gasteiger partial charge < -0.3 is 5.32 Å². The minimum atomic E-state index is -3.55. The zero-order chi connectivity index (χ0) is 20.5. The normalized spacial score (nSPS) is 15.0. The lowest BCUT2D eigenvalue weighted by Crippen LogP contribution is -2.26. The number of thiocarbonyl (C=S) groups is 1. The number of aryl methyl sites for hydroxylation is 1. The summed E-state index contributed by atoms with van der Waals surface area (Å²) >= 11 is 5.27. The monoisotopic (exact) mass is 416 g/mol. The van der Waals surface area contributed by atoms with Crippen molar-refractivity contribution < 1.29 is 13.2 Å². The number of anilines is 1. The van der Waals surface area contributed by atoms with Gasteiger partial charge in [-0.3, -0.25) is 10.2 Å². The van der Waals surface area contributed by atoms with Gasteiger partial charge in [0.2, 0.25) is 10.0 Å². The van der Waals surface area contributed by atoms with Crippen molar-refractivity contribution in [1.29, 1.82) is 0 Å². The van der Waals surface area contributed by atoms with Gasteiger partial charge in [-0.15, -0.1) is 0 Å². The van der Waals surface area contributed by atoms with Gasteiger partial charge in [0.25, 0.3) is 0 Å². The van der Waals surface area contributed by atoms with E-state index in [1.165, 1.54) is 20.2 Å². The molecule has 3 rings (SSSR count). The zero-order valence-electron chi connectivity index (χ0n) is 15.7. The maximum Gasteiger partial charge on any atom is 0.242 e. The van der Waals surface area contributed by atoms with E-state index in [4.69, 9.17) is 12.2 Å². The van der Waals surface area contributed by atoms with Crippen LogP contribution in [0, 0.1) is 6.92 Å². The molecule has 2 aromatic rings. The van der Waals surface area contributed by atoms with Gasteiger partial charge in [0, 0.05) is 30.9 Å². The average molecular weight is 417 g/mol. The Morgan fingerprint density at radius 1 is 1.14 bits per heavy atom. The molecule has 9 heteroatoms. The molecule has 28 heavy (non-hydrogen) atoms. The van der Waals surface area contributed by atoms with E-state index in [-0.39, 0.29) is 22.2 Å². The zero-order valence-corrected chi connectivity index (χ0v) is 17.3. The molecule has 0 saturated carbocycles. The van der Waals surface area contributed by atoms with E-state index >= 15 is 0 Å². The topological polar surface area (TPSA) is 90.9 Å². The van der Waals surface area contributed by atoms with Crippen molar-refractivity contribution in [2.75, 3.05) is 19.4 Å². The summed E-state index contributed by atoms with van der Waals surface area (Å²) in [6.45, 7) is 1.84. The molecule has 0 spiro atoms. The maximum atomic E-state index is 12.3. The fourth-order valence-corrected chi connectivity index (χ4v) is 3.88. The molecule has 0 aliphatic heterocycles. The highest BCUT2D eigenvalue weighted by Gasteiger charge is 2.25. The van der Waals surface area contributed by atoms with Gasteiger partial charge in [-0.25, -0.2) is 12.7 Å². The molecule has 0 atom stereocenters. The first-order valence-corrected chi connectivity index (χ1v) is 10.3. The summed E-state index contributed by atoms with van der Waals surface area (Å²) in [4.78, 5) is 12.2. The van der Waals surface area contributed by atoms with Crippen LogP contribution in [-0.4, -0.2) is 43.4 Å². The Balaban J connectivity index is 1.77. The summed E-state index contributed by atoms with van der Waals surface area (Å²) in [6, 6.07) is 12.1. The Hall–Kier alpha value is -2.62. The molecule has 0 unspecified atom stereocenters. The molecule has 0 bridgehead atoms. The van der Waals surface area contributed by atoms with Crippen molar-refractivity contribution in [3.63, 3.8) is 0 Å². The number of fused-ring (bicyclic) bond motifs is 1. The van der Waals surface area contributed by atoms with Gasteiger partial charge in [0.15, 0.2) is 10.9 Å². The minimum absolute atomic E-state index is 0.0208. The van der Waals surface area contributed by atoms with E-state index in [1.54, 1.807) is 18.2 Å². The predicted octanol–water partition coefficient (Wildman–Crippen LogP) is 2.52. The number of carbonyl (C=O) groups is 1. The van der Waals surface area contributed by atoms with Crippen LogP contribution in [0.4, 0.5) is 5.69 Å². The third-order valence-corrected chi connectivity index (χ3v) is 6.40. The second kappa shape index (κ2) is 7.78. The molecule has 7 nitrogen and oxygen atoms in total. The quantitative estimate of drug-likeness (QED) is 0.588. The number of nitrogens with zero attached hydrogens (tertiary/aromatic N) is 2. The molecule has 1 aliphatic carbocycles. The van der Waals surface area contributed by atoms with E-state index in [0.717, 1.165) is 15.4 Å². The van der Waals surface area contributed by atoms with Gasteiger partial charge in [-0.05, 0) is 36.8 Å². The first-order valence-electron chi connectivity index (χ1n) is 8.49. The lowest BCUT2D eigenvalue weighted by Gasteiger charge is -2.15. The van der Waals surface area contributed by atoms with Crippen molar-refractivity contribution in [2.24, 2.45) is 5.10 Å². The number of hydrogen-bond donors (Lipinski definition) is 2. The van der Waals surface area contributed by atoms with E-state index < -0.39 is 10.0 Å². The highest BCUT2D eigenvalue weighted by Crippen LogP contribution is 2.23.